The van der Waals surface area contributed by atoms with E-state index in [2.05, 4.69) is 9.97 Å². The number of nitrogens with zero attached hydrogens (tertiary/aromatic N) is 4. The Morgan fingerprint density at radius 3 is 1.21 bits per heavy atom. The molecule has 0 aliphatic rings. The number of aromatic nitrogens is 4. The minimum Gasteiger partial charge on any atom is -0.244 e. The molecule has 2 aromatic heterocycles. The van der Waals surface area contributed by atoms with Crippen LogP contribution >= 0.6 is 0 Å². The molecule has 0 amide bonds. The van der Waals surface area contributed by atoms with Crippen LogP contribution in [0.4, 0.5) is 0 Å². The Kier molecular flexibility index (Phi) is 4.36. The van der Waals surface area contributed by atoms with Crippen LogP contribution in [-0.4, -0.2) is 34.7 Å². The summed E-state index contributed by atoms with van der Waals surface area (Å²) in [6.45, 7) is 0. The molecule has 2 aromatic carbocycles. The third-order valence-corrected chi connectivity index (χ3v) is 7.43. The van der Waals surface area contributed by atoms with Gasteiger partial charge < -0.3 is 0 Å². The molecule has 2 heterocycles. The first-order chi connectivity index (χ1) is 13.4. The number of imidazole rings is 2. The van der Waals surface area contributed by atoms with Crippen LogP contribution in [0.25, 0.3) is 11.1 Å². The Hall–Kier alpha value is -3.24. The topological polar surface area (TPSA) is 104 Å². The van der Waals surface area contributed by atoms with Crippen LogP contribution < -0.4 is 0 Å². The molecule has 0 saturated heterocycles. The average molecular weight is 414 g/mol. The first kappa shape index (κ1) is 18.1. The van der Waals surface area contributed by atoms with E-state index in [9.17, 15) is 16.8 Å². The van der Waals surface area contributed by atoms with Crippen LogP contribution in [0.2, 0.25) is 0 Å². The van der Waals surface area contributed by atoms with Crippen LogP contribution in [-0.2, 0) is 20.0 Å². The molecule has 10 heteroatoms. The molecule has 0 aliphatic carbocycles. The summed E-state index contributed by atoms with van der Waals surface area (Å²) in [6, 6.07) is 12.7. The lowest BCUT2D eigenvalue weighted by Gasteiger charge is -2.08. The standard InChI is InChI=1S/C18H14N4O4S2/c23-27(24,21-11-9-19-13-21)17-5-1-15(2-6-17)16-3-7-18(8-4-16)28(25,26)22-12-10-20-14-22/h1-14H. The van der Waals surface area contributed by atoms with E-state index in [1.807, 2.05) is 0 Å². The molecule has 0 saturated carbocycles. The Labute approximate surface area is 161 Å². The fourth-order valence-electron chi connectivity index (χ4n) is 2.66. The van der Waals surface area contributed by atoms with E-state index in [4.69, 9.17) is 0 Å². The summed E-state index contributed by atoms with van der Waals surface area (Å²) in [6.07, 6.45) is 7.97. The molecule has 4 aromatic rings. The monoisotopic (exact) mass is 414 g/mol. The maximum absolute atomic E-state index is 12.5. The Balaban J connectivity index is 1.62. The largest absolute Gasteiger partial charge is 0.268 e. The van der Waals surface area contributed by atoms with Crippen molar-refractivity contribution in [2.24, 2.45) is 0 Å². The van der Waals surface area contributed by atoms with Gasteiger partial charge in [0, 0.05) is 24.8 Å². The van der Waals surface area contributed by atoms with Crippen molar-refractivity contribution in [2.75, 3.05) is 0 Å². The maximum Gasteiger partial charge on any atom is 0.268 e. The van der Waals surface area contributed by atoms with Gasteiger partial charge in [-0.25, -0.2) is 34.7 Å². The van der Waals surface area contributed by atoms with Gasteiger partial charge in [-0.15, -0.1) is 0 Å². The van der Waals surface area contributed by atoms with Gasteiger partial charge in [0.1, 0.15) is 12.7 Å². The zero-order valence-electron chi connectivity index (χ0n) is 14.3. The summed E-state index contributed by atoms with van der Waals surface area (Å²) in [5.41, 5.74) is 1.52. The molecule has 142 valence electrons. The lowest BCUT2D eigenvalue weighted by atomic mass is 10.1. The van der Waals surface area contributed by atoms with Gasteiger partial charge in [-0.2, -0.15) is 0 Å². The molecule has 4 rings (SSSR count). The number of hydrogen-bond donors (Lipinski definition) is 0. The highest BCUT2D eigenvalue weighted by Crippen LogP contribution is 2.24. The van der Waals surface area contributed by atoms with Crippen molar-refractivity contribution in [1.29, 1.82) is 0 Å². The van der Waals surface area contributed by atoms with Crippen LogP contribution in [0.3, 0.4) is 0 Å². The second-order valence-electron chi connectivity index (χ2n) is 5.84. The Morgan fingerprint density at radius 1 is 0.571 bits per heavy atom. The van der Waals surface area contributed by atoms with Crippen LogP contribution in [0.15, 0.2) is 95.8 Å². The smallest absolute Gasteiger partial charge is 0.244 e. The SMILES string of the molecule is O=S(=O)(c1ccc(-c2ccc(S(=O)(=O)n3ccnc3)cc2)cc1)n1ccnc1. The fourth-order valence-corrected chi connectivity index (χ4v) is 4.89. The first-order valence-corrected chi connectivity index (χ1v) is 10.9. The summed E-state index contributed by atoms with van der Waals surface area (Å²) in [7, 11) is -7.36. The van der Waals surface area contributed by atoms with E-state index >= 15 is 0 Å². The van der Waals surface area contributed by atoms with E-state index in [0.717, 1.165) is 19.1 Å². The summed E-state index contributed by atoms with van der Waals surface area (Å²) < 4.78 is 51.9. The lowest BCUT2D eigenvalue weighted by molar-refractivity contribution is 0.585. The van der Waals surface area contributed by atoms with Gasteiger partial charge in [0.2, 0.25) is 0 Å². The molecule has 28 heavy (non-hydrogen) atoms. The Bertz CT molecular complexity index is 1190. The zero-order chi connectivity index (χ0) is 19.8. The summed E-state index contributed by atoms with van der Waals surface area (Å²) in [5, 5.41) is 0. The predicted octanol–water partition coefficient (Wildman–Crippen LogP) is 2.22. The van der Waals surface area contributed by atoms with Gasteiger partial charge >= 0.3 is 0 Å². The number of rotatable bonds is 5. The van der Waals surface area contributed by atoms with Crippen molar-refractivity contribution in [3.63, 3.8) is 0 Å². The second-order valence-corrected chi connectivity index (χ2v) is 9.53. The third-order valence-electron chi connectivity index (χ3n) is 4.15. The third kappa shape index (κ3) is 3.12. The highest BCUT2D eigenvalue weighted by Gasteiger charge is 2.17. The lowest BCUT2D eigenvalue weighted by Crippen LogP contribution is -2.11. The van der Waals surface area contributed by atoms with Crippen molar-refractivity contribution < 1.29 is 16.8 Å². The quantitative estimate of drug-likeness (QED) is 0.496. The zero-order valence-corrected chi connectivity index (χ0v) is 16.0. The van der Waals surface area contributed by atoms with Crippen molar-refractivity contribution >= 4 is 20.0 Å². The summed E-state index contributed by atoms with van der Waals surface area (Å²) in [4.78, 5) is 7.78. The fraction of sp³-hybridized carbons (Fsp3) is 0. The normalized spacial score (nSPS) is 12.1. The second kappa shape index (κ2) is 6.73. The van der Waals surface area contributed by atoms with E-state index in [1.54, 1.807) is 24.3 Å². The minimum atomic E-state index is -3.68. The van der Waals surface area contributed by atoms with E-state index < -0.39 is 20.0 Å². The van der Waals surface area contributed by atoms with E-state index in [0.29, 0.717) is 0 Å². The highest BCUT2D eigenvalue weighted by molar-refractivity contribution is 7.90. The van der Waals surface area contributed by atoms with E-state index in [-0.39, 0.29) is 9.79 Å². The molecule has 0 fully saturated rings. The van der Waals surface area contributed by atoms with Gasteiger partial charge in [-0.1, -0.05) is 24.3 Å². The van der Waals surface area contributed by atoms with Crippen LogP contribution in [0.5, 0.6) is 0 Å². The molecule has 8 nitrogen and oxygen atoms in total. The van der Waals surface area contributed by atoms with Gasteiger partial charge in [0.05, 0.1) is 9.79 Å². The minimum absolute atomic E-state index is 0.133. The van der Waals surface area contributed by atoms with Crippen LogP contribution in [0.1, 0.15) is 0 Å². The first-order valence-electron chi connectivity index (χ1n) is 8.07. The van der Waals surface area contributed by atoms with Crippen molar-refractivity contribution in [3.05, 3.63) is 86.0 Å². The van der Waals surface area contributed by atoms with Gasteiger partial charge in [0.15, 0.2) is 0 Å². The molecule has 0 aliphatic heterocycles. The van der Waals surface area contributed by atoms with Gasteiger partial charge in [-0.3, -0.25) is 0 Å². The molecule has 0 unspecified atom stereocenters. The molecule has 0 atom stereocenters. The van der Waals surface area contributed by atoms with Crippen LogP contribution in [0, 0.1) is 0 Å². The van der Waals surface area contributed by atoms with Crippen molar-refractivity contribution in [3.8, 4) is 11.1 Å². The van der Waals surface area contributed by atoms with Crippen molar-refractivity contribution in [1.82, 2.24) is 17.9 Å². The van der Waals surface area contributed by atoms with Gasteiger partial charge in [-0.05, 0) is 35.4 Å². The molecule has 0 radical (unpaired) electrons. The number of hydrogen-bond acceptors (Lipinski definition) is 6. The van der Waals surface area contributed by atoms with E-state index in [1.165, 1.54) is 61.7 Å². The highest BCUT2D eigenvalue weighted by atomic mass is 32.2. The molecular formula is C18H14N4O4S2. The molecule has 0 bridgehead atoms. The predicted molar refractivity (Wildman–Crippen MR) is 101 cm³/mol. The molecule has 0 N–H and O–H groups in total. The van der Waals surface area contributed by atoms with Crippen molar-refractivity contribution in [2.45, 2.75) is 9.79 Å². The molecular weight excluding hydrogens is 400 g/mol. The average Bonchev–Trinajstić information content (AvgIpc) is 3.42. The Morgan fingerprint density at radius 2 is 0.929 bits per heavy atom. The maximum atomic E-state index is 12.5. The molecule has 0 spiro atoms. The summed E-state index contributed by atoms with van der Waals surface area (Å²) in [5.74, 6) is 0. The number of benzene rings is 2. The van der Waals surface area contributed by atoms with Gasteiger partial charge in [0.25, 0.3) is 20.0 Å². The summed E-state index contributed by atoms with van der Waals surface area (Å²) >= 11 is 0.